The molecule has 0 radical (unpaired) electrons. The standard InChI is InChI=1S/C21H21BrN2O3/c1-5-16(20(26)23-17-11(2)7-6-8-12(17)3)24-18-13(4)9-14(22)10-15(18)19(25)21(24)27/h6-10,16H,5H2,1-4H3,(H,23,26). The summed E-state index contributed by atoms with van der Waals surface area (Å²) in [6.45, 7) is 7.51. The third-order valence-electron chi connectivity index (χ3n) is 4.89. The fraction of sp³-hybridized carbons (Fsp3) is 0.286. The van der Waals surface area contributed by atoms with Gasteiger partial charge in [0.25, 0.3) is 11.7 Å². The molecule has 0 spiro atoms. The summed E-state index contributed by atoms with van der Waals surface area (Å²) >= 11 is 3.36. The van der Waals surface area contributed by atoms with Crippen molar-refractivity contribution in [2.45, 2.75) is 40.2 Å². The number of para-hydroxylation sites is 1. The van der Waals surface area contributed by atoms with E-state index in [1.807, 2.05) is 52.0 Å². The molecule has 0 saturated heterocycles. The first-order valence-corrected chi connectivity index (χ1v) is 9.60. The van der Waals surface area contributed by atoms with Crippen molar-refractivity contribution in [1.29, 1.82) is 0 Å². The zero-order chi connectivity index (χ0) is 19.9. The summed E-state index contributed by atoms with van der Waals surface area (Å²) in [6, 6.07) is 8.49. The Hall–Kier alpha value is -2.47. The molecule has 1 unspecified atom stereocenters. The minimum absolute atomic E-state index is 0.300. The van der Waals surface area contributed by atoms with E-state index in [4.69, 9.17) is 0 Å². The Bertz CT molecular complexity index is 948. The van der Waals surface area contributed by atoms with Crippen LogP contribution in [0.1, 0.15) is 40.4 Å². The Morgan fingerprint density at radius 3 is 2.33 bits per heavy atom. The molecule has 2 aromatic rings. The van der Waals surface area contributed by atoms with Crippen LogP contribution in [0.2, 0.25) is 0 Å². The highest BCUT2D eigenvalue weighted by atomic mass is 79.9. The van der Waals surface area contributed by atoms with Gasteiger partial charge in [-0.1, -0.05) is 41.1 Å². The highest BCUT2D eigenvalue weighted by Crippen LogP contribution is 2.37. The number of carbonyl (C=O) groups is 3. The molecule has 0 aliphatic carbocycles. The Morgan fingerprint density at radius 1 is 1.11 bits per heavy atom. The number of nitrogens with zero attached hydrogens (tertiary/aromatic N) is 1. The number of fused-ring (bicyclic) bond motifs is 1. The molecule has 0 saturated carbocycles. The Labute approximate surface area is 166 Å². The van der Waals surface area contributed by atoms with Crippen molar-refractivity contribution in [3.05, 3.63) is 57.1 Å². The number of halogens is 1. The van der Waals surface area contributed by atoms with E-state index in [1.54, 1.807) is 6.07 Å². The zero-order valence-corrected chi connectivity index (χ0v) is 17.3. The first-order valence-electron chi connectivity index (χ1n) is 8.81. The predicted octanol–water partition coefficient (Wildman–Crippen LogP) is 4.32. The quantitative estimate of drug-likeness (QED) is 0.737. The molecule has 1 aliphatic heterocycles. The molecular weight excluding hydrogens is 408 g/mol. The number of benzene rings is 2. The first-order chi connectivity index (χ1) is 12.8. The summed E-state index contributed by atoms with van der Waals surface area (Å²) in [5.74, 6) is -1.53. The van der Waals surface area contributed by atoms with Crippen molar-refractivity contribution in [1.82, 2.24) is 0 Å². The summed E-state index contributed by atoms with van der Waals surface area (Å²) in [7, 11) is 0. The van der Waals surface area contributed by atoms with Crippen LogP contribution in [0.25, 0.3) is 0 Å². The van der Waals surface area contributed by atoms with Crippen molar-refractivity contribution < 1.29 is 14.4 Å². The van der Waals surface area contributed by atoms with Gasteiger partial charge in [0.2, 0.25) is 5.91 Å². The maximum atomic E-state index is 13.0. The Morgan fingerprint density at radius 2 is 1.74 bits per heavy atom. The second kappa shape index (κ2) is 7.27. The van der Waals surface area contributed by atoms with E-state index < -0.39 is 17.7 Å². The van der Waals surface area contributed by atoms with Crippen LogP contribution in [0.4, 0.5) is 11.4 Å². The molecular formula is C21H21BrN2O3. The van der Waals surface area contributed by atoms with Gasteiger partial charge in [-0.15, -0.1) is 0 Å². The average Bonchev–Trinajstić information content (AvgIpc) is 2.85. The number of Topliss-reactive ketones (excluding diaryl/α,β-unsaturated/α-hetero) is 1. The third kappa shape index (κ3) is 3.30. The molecule has 5 nitrogen and oxygen atoms in total. The van der Waals surface area contributed by atoms with E-state index in [1.165, 1.54) is 4.90 Å². The predicted molar refractivity (Wildman–Crippen MR) is 109 cm³/mol. The van der Waals surface area contributed by atoms with Gasteiger partial charge in [-0.05, 0) is 56.0 Å². The van der Waals surface area contributed by atoms with Gasteiger partial charge in [-0.3, -0.25) is 19.3 Å². The number of ketones is 1. The highest BCUT2D eigenvalue weighted by Gasteiger charge is 2.43. The van der Waals surface area contributed by atoms with Crippen LogP contribution in [0.5, 0.6) is 0 Å². The van der Waals surface area contributed by atoms with Crippen molar-refractivity contribution >= 4 is 44.9 Å². The molecule has 140 valence electrons. The number of aryl methyl sites for hydroxylation is 3. The molecule has 0 fully saturated rings. The van der Waals surface area contributed by atoms with Gasteiger partial charge in [0.15, 0.2) is 0 Å². The van der Waals surface area contributed by atoms with Gasteiger partial charge in [0, 0.05) is 10.2 Å². The van der Waals surface area contributed by atoms with E-state index in [9.17, 15) is 14.4 Å². The van der Waals surface area contributed by atoms with Crippen molar-refractivity contribution in [3.63, 3.8) is 0 Å². The third-order valence-corrected chi connectivity index (χ3v) is 5.35. The maximum absolute atomic E-state index is 13.0. The summed E-state index contributed by atoms with van der Waals surface area (Å²) in [6.07, 6.45) is 0.394. The van der Waals surface area contributed by atoms with E-state index in [2.05, 4.69) is 21.2 Å². The van der Waals surface area contributed by atoms with Crippen molar-refractivity contribution in [2.24, 2.45) is 0 Å². The topological polar surface area (TPSA) is 66.5 Å². The van der Waals surface area contributed by atoms with Crippen molar-refractivity contribution in [2.75, 3.05) is 10.2 Å². The number of hydrogen-bond acceptors (Lipinski definition) is 3. The molecule has 27 heavy (non-hydrogen) atoms. The number of anilines is 2. The van der Waals surface area contributed by atoms with Gasteiger partial charge in [0.05, 0.1) is 11.3 Å². The normalized spacial score (nSPS) is 14.3. The molecule has 3 rings (SSSR count). The number of hydrogen-bond donors (Lipinski definition) is 1. The van der Waals surface area contributed by atoms with Gasteiger partial charge >= 0.3 is 0 Å². The number of carbonyl (C=O) groups excluding carboxylic acids is 3. The summed E-state index contributed by atoms with van der Waals surface area (Å²) in [5, 5.41) is 2.95. The molecule has 1 heterocycles. The van der Waals surface area contributed by atoms with Gasteiger partial charge in [0.1, 0.15) is 6.04 Å². The molecule has 0 bridgehead atoms. The lowest BCUT2D eigenvalue weighted by Gasteiger charge is -2.27. The smallest absolute Gasteiger partial charge is 0.300 e. The second-order valence-corrected chi connectivity index (χ2v) is 7.72. The maximum Gasteiger partial charge on any atom is 0.300 e. The molecule has 0 aromatic heterocycles. The number of rotatable bonds is 4. The van der Waals surface area contributed by atoms with Gasteiger partial charge in [-0.25, -0.2) is 0 Å². The monoisotopic (exact) mass is 428 g/mol. The van der Waals surface area contributed by atoms with Crippen LogP contribution in [0, 0.1) is 20.8 Å². The molecule has 1 N–H and O–H groups in total. The van der Waals surface area contributed by atoms with E-state index >= 15 is 0 Å². The first kappa shape index (κ1) is 19.3. The lowest BCUT2D eigenvalue weighted by atomic mass is 10.1. The van der Waals surface area contributed by atoms with Crippen LogP contribution in [0.3, 0.4) is 0 Å². The zero-order valence-electron chi connectivity index (χ0n) is 15.7. The molecule has 2 amide bonds. The SMILES string of the molecule is CCC(C(=O)Nc1c(C)cccc1C)N1C(=O)C(=O)c2cc(Br)cc(C)c21. The highest BCUT2D eigenvalue weighted by molar-refractivity contribution is 9.10. The number of amides is 2. The van der Waals surface area contributed by atoms with Gasteiger partial charge in [-0.2, -0.15) is 0 Å². The van der Waals surface area contributed by atoms with Crippen LogP contribution in [-0.4, -0.2) is 23.6 Å². The molecule has 6 heteroatoms. The Balaban J connectivity index is 2.01. The number of nitrogens with one attached hydrogen (secondary N) is 1. The fourth-order valence-electron chi connectivity index (χ4n) is 3.56. The lowest BCUT2D eigenvalue weighted by Crippen LogP contribution is -2.47. The van der Waals surface area contributed by atoms with E-state index in [0.717, 1.165) is 26.9 Å². The minimum Gasteiger partial charge on any atom is -0.324 e. The summed E-state index contributed by atoms with van der Waals surface area (Å²) < 4.78 is 0.731. The van der Waals surface area contributed by atoms with Crippen LogP contribution in [0.15, 0.2) is 34.8 Å². The Kier molecular flexibility index (Phi) is 5.20. The van der Waals surface area contributed by atoms with Gasteiger partial charge < -0.3 is 5.32 Å². The molecule has 1 aliphatic rings. The molecule has 1 atom stereocenters. The average molecular weight is 429 g/mol. The second-order valence-electron chi connectivity index (χ2n) is 6.80. The fourth-order valence-corrected chi connectivity index (χ4v) is 4.13. The van der Waals surface area contributed by atoms with Crippen molar-refractivity contribution in [3.8, 4) is 0 Å². The van der Waals surface area contributed by atoms with Crippen LogP contribution < -0.4 is 10.2 Å². The van der Waals surface area contributed by atoms with E-state index in [-0.39, 0.29) is 5.91 Å². The summed E-state index contributed by atoms with van der Waals surface area (Å²) in [4.78, 5) is 39.6. The minimum atomic E-state index is -0.762. The van der Waals surface area contributed by atoms with Crippen LogP contribution >= 0.6 is 15.9 Å². The summed E-state index contributed by atoms with van der Waals surface area (Å²) in [5.41, 5.74) is 4.27. The van der Waals surface area contributed by atoms with Crippen LogP contribution in [-0.2, 0) is 9.59 Å². The largest absolute Gasteiger partial charge is 0.324 e. The lowest BCUT2D eigenvalue weighted by molar-refractivity contribution is -0.121. The molecule has 2 aromatic carbocycles. The van der Waals surface area contributed by atoms with E-state index in [0.29, 0.717) is 17.7 Å².